The van der Waals surface area contributed by atoms with Crippen LogP contribution < -0.4 is 10.6 Å². The molecule has 0 spiro atoms. The van der Waals surface area contributed by atoms with Crippen LogP contribution in [-0.2, 0) is 19.5 Å². The Labute approximate surface area is 167 Å². The number of aryl methyl sites for hydroxylation is 1. The van der Waals surface area contributed by atoms with Crippen LogP contribution in [0.5, 0.6) is 0 Å². The first-order chi connectivity index (χ1) is 14.8. The molecule has 1 aliphatic heterocycles. The Morgan fingerprint density at radius 2 is 1.93 bits per heavy atom. The number of anilines is 1. The van der Waals surface area contributed by atoms with Gasteiger partial charge in [0.2, 0.25) is 5.95 Å². The highest BCUT2D eigenvalue weighted by Gasteiger charge is 2.19. The first-order valence-corrected chi connectivity index (χ1v) is 9.75. The summed E-state index contributed by atoms with van der Waals surface area (Å²) in [6, 6.07) is 21.0. The first kappa shape index (κ1) is 15.8. The maximum Gasteiger partial charge on any atom is 0.236 e. The van der Waals surface area contributed by atoms with Crippen LogP contribution in [0.15, 0.2) is 60.7 Å². The predicted molar refractivity (Wildman–Crippen MR) is 115 cm³/mol. The van der Waals surface area contributed by atoms with Crippen LogP contribution in [0.25, 0.3) is 16.9 Å². The second-order valence-corrected chi connectivity index (χ2v) is 7.24. The lowest BCUT2D eigenvalue weighted by atomic mass is 10.1. The molecule has 1 aliphatic rings. The van der Waals surface area contributed by atoms with E-state index in [2.05, 4.69) is 76.7 Å². The third-order valence-electron chi connectivity index (χ3n) is 5.32. The maximum absolute atomic E-state index is 5.00. The SMILES string of the molecule is Cc1cc2ccccc2n1-c1nc2c(c(NCc3ccccc3)n1)CCNC2.[2H][2H]. The summed E-state index contributed by atoms with van der Waals surface area (Å²) in [7, 11) is 0. The number of nitrogens with zero attached hydrogens (tertiary/aromatic N) is 3. The van der Waals surface area contributed by atoms with Gasteiger partial charge in [0.05, 0.1) is 11.2 Å². The van der Waals surface area contributed by atoms with Gasteiger partial charge in [0.1, 0.15) is 5.82 Å². The monoisotopic (exact) mass is 373 g/mol. The van der Waals surface area contributed by atoms with E-state index in [1.807, 2.05) is 6.07 Å². The van der Waals surface area contributed by atoms with E-state index in [1.54, 1.807) is 0 Å². The Balaban J connectivity index is 0.00000106. The van der Waals surface area contributed by atoms with Gasteiger partial charge >= 0.3 is 0 Å². The molecule has 5 rings (SSSR count). The summed E-state index contributed by atoms with van der Waals surface area (Å²) < 4.78 is 12.2. The molecule has 3 heterocycles. The average molecular weight is 374 g/mol. The molecule has 0 bridgehead atoms. The van der Waals surface area contributed by atoms with Crippen molar-refractivity contribution in [3.05, 3.63) is 83.2 Å². The Kier molecular flexibility index (Phi) is 4.01. The molecule has 2 aromatic heterocycles. The molecule has 0 saturated heterocycles. The molecule has 0 aliphatic carbocycles. The fourth-order valence-electron chi connectivity index (χ4n) is 3.93. The van der Waals surface area contributed by atoms with Crippen molar-refractivity contribution in [2.75, 3.05) is 11.9 Å². The minimum Gasteiger partial charge on any atom is -0.366 e. The Hall–Kier alpha value is -3.18. The second kappa shape index (κ2) is 7.09. The van der Waals surface area contributed by atoms with Crippen molar-refractivity contribution in [2.45, 2.75) is 26.4 Å². The van der Waals surface area contributed by atoms with E-state index in [0.717, 1.165) is 54.7 Å². The van der Waals surface area contributed by atoms with Crippen molar-refractivity contribution in [1.29, 1.82) is 0 Å². The van der Waals surface area contributed by atoms with Crippen molar-refractivity contribution in [2.24, 2.45) is 0 Å². The van der Waals surface area contributed by atoms with Gasteiger partial charge in [-0.1, -0.05) is 48.5 Å². The van der Waals surface area contributed by atoms with Crippen LogP contribution >= 0.6 is 0 Å². The second-order valence-electron chi connectivity index (χ2n) is 7.24. The number of fused-ring (bicyclic) bond motifs is 2. The first-order valence-electron chi connectivity index (χ1n) is 10.8. The van der Waals surface area contributed by atoms with Crippen LogP contribution in [-0.4, -0.2) is 21.1 Å². The van der Waals surface area contributed by atoms with E-state index in [9.17, 15) is 0 Å². The van der Waals surface area contributed by atoms with E-state index in [0.29, 0.717) is 0 Å². The van der Waals surface area contributed by atoms with Crippen molar-refractivity contribution in [3.63, 3.8) is 0 Å². The van der Waals surface area contributed by atoms with Crippen LogP contribution in [0.2, 0.25) is 0 Å². The zero-order chi connectivity index (χ0) is 20.9. The van der Waals surface area contributed by atoms with Crippen molar-refractivity contribution < 1.29 is 2.97 Å². The standard InChI is InChI=1S/C23H23N5.H2/c1-16-13-18-9-5-6-10-21(18)28(16)23-26-20-15-24-12-11-19(20)22(27-23)25-14-17-7-3-2-4-8-17;/h2-10,13,24H,11-12,14-15H2,1H3,(H,25,26,27);1H/i;1+1D. The third-order valence-corrected chi connectivity index (χ3v) is 5.32. The number of para-hydroxylation sites is 1. The maximum atomic E-state index is 5.00. The number of hydrogen-bond donors (Lipinski definition) is 2. The quantitative estimate of drug-likeness (QED) is 0.562. The smallest absolute Gasteiger partial charge is 0.236 e. The van der Waals surface area contributed by atoms with Gasteiger partial charge in [-0.05, 0) is 37.6 Å². The Morgan fingerprint density at radius 1 is 1.11 bits per heavy atom. The lowest BCUT2D eigenvalue weighted by Crippen LogP contribution is -2.27. The molecule has 4 aromatic rings. The highest BCUT2D eigenvalue weighted by Crippen LogP contribution is 2.26. The van der Waals surface area contributed by atoms with Gasteiger partial charge in [-0.3, -0.25) is 4.57 Å². The van der Waals surface area contributed by atoms with Crippen molar-refractivity contribution in [3.8, 4) is 5.95 Å². The van der Waals surface area contributed by atoms with Gasteiger partial charge in [0, 0.05) is 32.7 Å². The number of hydrogen-bond acceptors (Lipinski definition) is 4. The molecule has 28 heavy (non-hydrogen) atoms. The lowest BCUT2D eigenvalue weighted by Gasteiger charge is -2.21. The molecule has 142 valence electrons. The Morgan fingerprint density at radius 3 is 2.82 bits per heavy atom. The number of nitrogens with one attached hydrogen (secondary N) is 2. The Bertz CT molecular complexity index is 1140. The number of aromatic nitrogens is 3. The van der Waals surface area contributed by atoms with Crippen molar-refractivity contribution in [1.82, 2.24) is 19.9 Å². The van der Waals surface area contributed by atoms with Crippen LogP contribution in [0.3, 0.4) is 0 Å². The summed E-state index contributed by atoms with van der Waals surface area (Å²) in [5.41, 5.74) is 5.83. The zero-order valence-corrected chi connectivity index (χ0v) is 15.9. The van der Waals surface area contributed by atoms with Gasteiger partial charge in [-0.15, -0.1) is 0 Å². The van der Waals surface area contributed by atoms with Crippen LogP contribution in [0, 0.1) is 6.92 Å². The molecular formula is C23H25N5. The average Bonchev–Trinajstić information content (AvgIpc) is 3.15. The van der Waals surface area contributed by atoms with E-state index in [4.69, 9.17) is 12.9 Å². The van der Waals surface area contributed by atoms with Gasteiger partial charge in [-0.25, -0.2) is 4.98 Å². The van der Waals surface area contributed by atoms with E-state index in [1.165, 1.54) is 16.5 Å². The molecule has 0 unspecified atom stereocenters. The molecule has 0 atom stereocenters. The van der Waals surface area contributed by atoms with Gasteiger partial charge < -0.3 is 10.6 Å². The van der Waals surface area contributed by atoms with Crippen LogP contribution in [0.4, 0.5) is 5.82 Å². The fourth-order valence-corrected chi connectivity index (χ4v) is 3.93. The van der Waals surface area contributed by atoms with E-state index >= 15 is 0 Å². The topological polar surface area (TPSA) is 54.8 Å². The molecule has 0 saturated carbocycles. The third kappa shape index (κ3) is 3.04. The van der Waals surface area contributed by atoms with Crippen molar-refractivity contribution >= 4 is 16.7 Å². The molecule has 5 nitrogen and oxygen atoms in total. The molecule has 0 fully saturated rings. The van der Waals surface area contributed by atoms with Gasteiger partial charge in [-0.2, -0.15) is 4.98 Å². The van der Waals surface area contributed by atoms with Gasteiger partial charge in [0.15, 0.2) is 0 Å². The molecular weight excluding hydrogens is 346 g/mol. The molecule has 5 heteroatoms. The summed E-state index contributed by atoms with van der Waals surface area (Å²) in [6.07, 6.45) is 0.943. The molecule has 0 radical (unpaired) electrons. The number of rotatable bonds is 4. The zero-order valence-electron chi connectivity index (χ0n) is 17.9. The highest BCUT2D eigenvalue weighted by atomic mass is 15.2. The minimum atomic E-state index is 0.733. The number of benzene rings is 2. The molecule has 0 amide bonds. The highest BCUT2D eigenvalue weighted by molar-refractivity contribution is 5.82. The predicted octanol–water partition coefficient (Wildman–Crippen LogP) is 4.23. The fraction of sp³-hybridized carbons (Fsp3) is 0.217. The summed E-state index contributed by atoms with van der Waals surface area (Å²) in [4.78, 5) is 9.90. The summed E-state index contributed by atoms with van der Waals surface area (Å²) in [5, 5.41) is 8.21. The summed E-state index contributed by atoms with van der Waals surface area (Å²) in [5.74, 6) is 1.68. The minimum absolute atomic E-state index is 0.733. The van der Waals surface area contributed by atoms with Gasteiger partial charge in [0.25, 0.3) is 0 Å². The van der Waals surface area contributed by atoms with E-state index in [-0.39, 0.29) is 0 Å². The van der Waals surface area contributed by atoms with Crippen LogP contribution in [0.1, 0.15) is 25.5 Å². The summed E-state index contributed by atoms with van der Waals surface area (Å²) >= 11 is 0. The normalized spacial score (nSPS) is 13.8. The lowest BCUT2D eigenvalue weighted by molar-refractivity contribution is 0.621. The largest absolute Gasteiger partial charge is 0.366 e. The summed E-state index contributed by atoms with van der Waals surface area (Å²) in [6.45, 7) is 4.60. The molecule has 2 N–H and O–H groups in total. The van der Waals surface area contributed by atoms with E-state index < -0.39 is 0 Å². The molecule has 2 aromatic carbocycles.